The molecule has 0 saturated carbocycles. The molecule has 2 aromatic heterocycles. The number of hydrogen-bond donors (Lipinski definition) is 3. The molecule has 2 aromatic rings. The molecule has 0 aliphatic carbocycles. The molecule has 0 aromatic carbocycles. The van der Waals surface area contributed by atoms with Gasteiger partial charge in [-0.15, -0.1) is 12.4 Å². The van der Waals surface area contributed by atoms with E-state index in [2.05, 4.69) is 37.8 Å². The molecular formula is C24H30Cl2FN7O2. The fraction of sp³-hybridized carbons (Fsp3) is 0.500. The molecule has 1 atom stereocenters. The molecule has 2 fully saturated rings. The van der Waals surface area contributed by atoms with Crippen LogP contribution in [0.25, 0.3) is 5.70 Å². The van der Waals surface area contributed by atoms with Crippen LogP contribution in [0.4, 0.5) is 16.0 Å². The summed E-state index contributed by atoms with van der Waals surface area (Å²) in [6, 6.07) is 1.61. The standard InChI is InChI=1S/C24H29ClFN7O2.ClH/c1-24(15-5-9-35-10-6-15)29-14-19(32-24)21-18(26)13-28-23(31-21)30-16-11-17(25)20(27-12-16)22(34)33-7-3-2-4-8-33;/h11-15,29,32H,2-10H2,1H3,(H,28,30,31);1H. The van der Waals surface area contributed by atoms with Crippen molar-refractivity contribution >= 4 is 47.2 Å². The highest BCUT2D eigenvalue weighted by atomic mass is 35.5. The Bertz CT molecular complexity index is 1140. The Morgan fingerprint density at radius 1 is 1.22 bits per heavy atom. The summed E-state index contributed by atoms with van der Waals surface area (Å²) < 4.78 is 20.1. The topological polar surface area (TPSA) is 104 Å². The molecule has 1 amide bonds. The van der Waals surface area contributed by atoms with Crippen molar-refractivity contribution in [1.82, 2.24) is 30.5 Å². The van der Waals surface area contributed by atoms with E-state index in [1.807, 2.05) is 0 Å². The molecule has 5 rings (SSSR count). The molecule has 0 spiro atoms. The number of carbonyl (C=O) groups is 1. The van der Waals surface area contributed by atoms with E-state index >= 15 is 0 Å². The maximum absolute atomic E-state index is 14.7. The fourth-order valence-electron chi connectivity index (χ4n) is 4.85. The van der Waals surface area contributed by atoms with E-state index in [0.717, 1.165) is 51.4 Å². The molecule has 2 saturated heterocycles. The van der Waals surface area contributed by atoms with E-state index in [4.69, 9.17) is 16.3 Å². The minimum Gasteiger partial charge on any atom is -0.381 e. The lowest BCUT2D eigenvalue weighted by molar-refractivity contribution is 0.0336. The number of anilines is 2. The molecule has 3 N–H and O–H groups in total. The highest BCUT2D eigenvalue weighted by Gasteiger charge is 2.39. The summed E-state index contributed by atoms with van der Waals surface area (Å²) in [6.07, 6.45) is 9.33. The number of hydrogen-bond acceptors (Lipinski definition) is 8. The number of carbonyl (C=O) groups excluding carboxylic acids is 1. The number of likely N-dealkylation sites (tertiary alicyclic amines) is 1. The Morgan fingerprint density at radius 2 is 1.97 bits per heavy atom. The Hall–Kier alpha value is -2.69. The van der Waals surface area contributed by atoms with E-state index < -0.39 is 11.5 Å². The van der Waals surface area contributed by atoms with Crippen LogP contribution < -0.4 is 16.0 Å². The van der Waals surface area contributed by atoms with Gasteiger partial charge in [-0.05, 0) is 45.1 Å². The van der Waals surface area contributed by atoms with Gasteiger partial charge in [0.1, 0.15) is 17.1 Å². The summed E-state index contributed by atoms with van der Waals surface area (Å²) >= 11 is 6.39. The Labute approximate surface area is 220 Å². The zero-order valence-corrected chi connectivity index (χ0v) is 21.6. The first kappa shape index (κ1) is 26.4. The second kappa shape index (κ2) is 11.1. The number of pyridine rings is 1. The zero-order valence-electron chi connectivity index (χ0n) is 20.0. The zero-order chi connectivity index (χ0) is 24.4. The van der Waals surface area contributed by atoms with E-state index in [1.54, 1.807) is 17.2 Å². The van der Waals surface area contributed by atoms with Crippen LogP contribution in [0, 0.1) is 11.7 Å². The third-order valence-corrected chi connectivity index (χ3v) is 7.18. The van der Waals surface area contributed by atoms with Crippen LogP contribution in [0.1, 0.15) is 55.2 Å². The number of nitrogens with one attached hydrogen (secondary N) is 3. The molecule has 0 bridgehead atoms. The minimum absolute atomic E-state index is 0. The van der Waals surface area contributed by atoms with Gasteiger partial charge in [-0.1, -0.05) is 11.6 Å². The van der Waals surface area contributed by atoms with Gasteiger partial charge >= 0.3 is 0 Å². The van der Waals surface area contributed by atoms with Crippen LogP contribution in [0.5, 0.6) is 0 Å². The molecule has 3 aliphatic rings. The predicted octanol–water partition coefficient (Wildman–Crippen LogP) is 4.09. The SMILES string of the molecule is CC1(C2CCOCC2)NC=C(c2nc(Nc3cnc(C(=O)N4CCCCC4)c(Cl)c3)ncc2F)N1.Cl. The number of aromatic nitrogens is 3. The molecule has 0 radical (unpaired) electrons. The molecule has 5 heterocycles. The van der Waals surface area contributed by atoms with Crippen LogP contribution >= 0.6 is 24.0 Å². The van der Waals surface area contributed by atoms with Crippen LogP contribution in [-0.4, -0.2) is 57.7 Å². The Kier molecular flexibility index (Phi) is 8.17. The minimum atomic E-state index is -0.536. The van der Waals surface area contributed by atoms with Gasteiger partial charge in [0, 0.05) is 38.4 Å². The smallest absolute Gasteiger partial charge is 0.273 e. The van der Waals surface area contributed by atoms with Crippen molar-refractivity contribution in [2.45, 2.75) is 44.7 Å². The third-order valence-electron chi connectivity index (χ3n) is 6.89. The number of rotatable bonds is 5. The van der Waals surface area contributed by atoms with Gasteiger partial charge in [-0.2, -0.15) is 0 Å². The summed E-state index contributed by atoms with van der Waals surface area (Å²) in [5.74, 6) is -0.171. The van der Waals surface area contributed by atoms with Gasteiger partial charge in [-0.3, -0.25) is 4.79 Å². The Balaban J connectivity index is 0.00000304. The van der Waals surface area contributed by atoms with Crippen molar-refractivity contribution in [2.24, 2.45) is 5.92 Å². The summed E-state index contributed by atoms with van der Waals surface area (Å²) in [5.41, 5.74) is 1.03. The highest BCUT2D eigenvalue weighted by Crippen LogP contribution is 2.32. The summed E-state index contributed by atoms with van der Waals surface area (Å²) in [7, 11) is 0. The van der Waals surface area contributed by atoms with Crippen molar-refractivity contribution in [3.05, 3.63) is 46.9 Å². The summed E-state index contributed by atoms with van der Waals surface area (Å²) in [4.78, 5) is 27.3. The van der Waals surface area contributed by atoms with E-state index in [-0.39, 0.29) is 40.7 Å². The van der Waals surface area contributed by atoms with Crippen molar-refractivity contribution in [3.63, 3.8) is 0 Å². The lowest BCUT2D eigenvalue weighted by atomic mass is 9.87. The molecule has 194 valence electrons. The normalized spacial score (nSPS) is 22.2. The van der Waals surface area contributed by atoms with Crippen LogP contribution in [0.2, 0.25) is 5.02 Å². The van der Waals surface area contributed by atoms with Crippen LogP contribution in [-0.2, 0) is 4.74 Å². The van der Waals surface area contributed by atoms with Crippen molar-refractivity contribution in [1.29, 1.82) is 0 Å². The van der Waals surface area contributed by atoms with Gasteiger partial charge in [0.2, 0.25) is 5.95 Å². The first-order chi connectivity index (χ1) is 16.9. The number of halogens is 3. The quantitative estimate of drug-likeness (QED) is 0.523. The van der Waals surface area contributed by atoms with Crippen molar-refractivity contribution in [2.75, 3.05) is 31.6 Å². The van der Waals surface area contributed by atoms with E-state index in [0.29, 0.717) is 30.5 Å². The second-order valence-electron chi connectivity index (χ2n) is 9.34. The van der Waals surface area contributed by atoms with Crippen molar-refractivity contribution < 1.29 is 13.9 Å². The van der Waals surface area contributed by atoms with Gasteiger partial charge in [0.15, 0.2) is 5.82 Å². The van der Waals surface area contributed by atoms with E-state index in [9.17, 15) is 9.18 Å². The fourth-order valence-corrected chi connectivity index (χ4v) is 5.10. The van der Waals surface area contributed by atoms with Crippen LogP contribution in [0.15, 0.2) is 24.7 Å². The molecule has 3 aliphatic heterocycles. The maximum atomic E-state index is 14.7. The average molecular weight is 538 g/mol. The number of piperidine rings is 1. The predicted molar refractivity (Wildman–Crippen MR) is 138 cm³/mol. The van der Waals surface area contributed by atoms with Gasteiger partial charge in [0.25, 0.3) is 5.91 Å². The molecular weight excluding hydrogens is 508 g/mol. The molecule has 12 heteroatoms. The van der Waals surface area contributed by atoms with Gasteiger partial charge < -0.3 is 25.6 Å². The van der Waals surface area contributed by atoms with Gasteiger partial charge in [0.05, 0.1) is 28.8 Å². The number of ether oxygens (including phenoxy) is 1. The van der Waals surface area contributed by atoms with E-state index in [1.165, 1.54) is 6.20 Å². The lowest BCUT2D eigenvalue weighted by Gasteiger charge is -2.38. The van der Waals surface area contributed by atoms with Crippen molar-refractivity contribution in [3.8, 4) is 0 Å². The molecule has 36 heavy (non-hydrogen) atoms. The number of amides is 1. The molecule has 1 unspecified atom stereocenters. The lowest BCUT2D eigenvalue weighted by Crippen LogP contribution is -2.54. The summed E-state index contributed by atoms with van der Waals surface area (Å²) in [6.45, 7) is 4.93. The first-order valence-electron chi connectivity index (χ1n) is 12.0. The Morgan fingerprint density at radius 3 is 2.69 bits per heavy atom. The average Bonchev–Trinajstić information content (AvgIpc) is 3.29. The summed E-state index contributed by atoms with van der Waals surface area (Å²) in [5, 5.41) is 10.0. The third kappa shape index (κ3) is 5.50. The van der Waals surface area contributed by atoms with Crippen LogP contribution in [0.3, 0.4) is 0 Å². The number of nitrogens with zero attached hydrogens (tertiary/aromatic N) is 4. The van der Waals surface area contributed by atoms with Gasteiger partial charge in [-0.25, -0.2) is 19.3 Å². The maximum Gasteiger partial charge on any atom is 0.273 e. The monoisotopic (exact) mass is 537 g/mol. The first-order valence-corrected chi connectivity index (χ1v) is 12.4. The molecule has 9 nitrogen and oxygen atoms in total. The largest absolute Gasteiger partial charge is 0.381 e. The second-order valence-corrected chi connectivity index (χ2v) is 9.75. The highest BCUT2D eigenvalue weighted by molar-refractivity contribution is 6.33.